The Morgan fingerprint density at radius 2 is 1.91 bits per heavy atom. The zero-order chi connectivity index (χ0) is 22.8. The summed E-state index contributed by atoms with van der Waals surface area (Å²) in [6, 6.07) is 4.93. The van der Waals surface area contributed by atoms with Crippen molar-refractivity contribution in [2.24, 2.45) is 0 Å². The minimum Gasteiger partial charge on any atom is -0.379 e. The van der Waals surface area contributed by atoms with Gasteiger partial charge in [-0.15, -0.1) is 0 Å². The van der Waals surface area contributed by atoms with E-state index in [1.54, 1.807) is 26.0 Å². The lowest BCUT2D eigenvalue weighted by Crippen LogP contribution is -2.44. The summed E-state index contributed by atoms with van der Waals surface area (Å²) in [5.41, 5.74) is 0.586. The molecule has 2 heterocycles. The van der Waals surface area contributed by atoms with Gasteiger partial charge in [-0.25, -0.2) is 8.42 Å². The third-order valence-electron chi connectivity index (χ3n) is 6.06. The van der Waals surface area contributed by atoms with Crippen molar-refractivity contribution < 1.29 is 22.5 Å². The van der Waals surface area contributed by atoms with Gasteiger partial charge < -0.3 is 14.6 Å². The molecule has 11 heteroatoms. The molecule has 32 heavy (non-hydrogen) atoms. The second kappa shape index (κ2) is 9.26. The van der Waals surface area contributed by atoms with Crippen LogP contribution in [-0.4, -0.2) is 61.6 Å². The van der Waals surface area contributed by atoms with E-state index in [0.717, 1.165) is 25.7 Å². The lowest BCUT2D eigenvalue weighted by Gasteiger charge is -2.27. The molecule has 1 amide bonds. The van der Waals surface area contributed by atoms with Crippen LogP contribution in [0.5, 0.6) is 0 Å². The van der Waals surface area contributed by atoms with Crippen LogP contribution in [0, 0.1) is 13.8 Å². The number of nitrogens with one attached hydrogen (secondary N) is 2. The molecular formula is C21H29N5O5S. The van der Waals surface area contributed by atoms with Crippen LogP contribution in [0.25, 0.3) is 0 Å². The van der Waals surface area contributed by atoms with Gasteiger partial charge in [0, 0.05) is 25.7 Å². The Morgan fingerprint density at radius 1 is 1.19 bits per heavy atom. The molecule has 1 aromatic heterocycles. The SMILES string of the molecule is Cc1nc(C2(NCC(=O)Nc3ccc(C)c(S(=O)(=O)N4CCOCC4)c3)CCCC2)no1. The third-order valence-corrected chi connectivity index (χ3v) is 8.10. The number of aromatic nitrogens is 2. The first-order chi connectivity index (χ1) is 15.3. The smallest absolute Gasteiger partial charge is 0.243 e. The molecule has 0 atom stereocenters. The maximum Gasteiger partial charge on any atom is 0.243 e. The van der Waals surface area contributed by atoms with E-state index in [-0.39, 0.29) is 17.3 Å². The van der Waals surface area contributed by atoms with Crippen LogP contribution < -0.4 is 10.6 Å². The molecule has 0 unspecified atom stereocenters. The molecule has 1 saturated carbocycles. The summed E-state index contributed by atoms with van der Waals surface area (Å²) in [5, 5.41) is 10.2. The number of carbonyl (C=O) groups excluding carboxylic acids is 1. The fourth-order valence-corrected chi connectivity index (χ4v) is 5.95. The van der Waals surface area contributed by atoms with E-state index >= 15 is 0 Å². The molecular weight excluding hydrogens is 434 g/mol. The number of rotatable bonds is 7. The molecule has 10 nitrogen and oxygen atoms in total. The first kappa shape index (κ1) is 22.8. The lowest BCUT2D eigenvalue weighted by molar-refractivity contribution is -0.115. The number of carbonyl (C=O) groups is 1. The number of nitrogens with zero attached hydrogens (tertiary/aromatic N) is 3. The van der Waals surface area contributed by atoms with Crippen LogP contribution >= 0.6 is 0 Å². The van der Waals surface area contributed by atoms with Crippen LogP contribution in [0.2, 0.25) is 0 Å². The Morgan fingerprint density at radius 3 is 2.56 bits per heavy atom. The van der Waals surface area contributed by atoms with Crippen molar-refractivity contribution in [2.45, 2.75) is 50.0 Å². The van der Waals surface area contributed by atoms with Gasteiger partial charge in [0.15, 0.2) is 5.82 Å². The summed E-state index contributed by atoms with van der Waals surface area (Å²) in [6.45, 7) is 4.93. The highest BCUT2D eigenvalue weighted by molar-refractivity contribution is 7.89. The van der Waals surface area contributed by atoms with Gasteiger partial charge in [-0.3, -0.25) is 10.1 Å². The van der Waals surface area contributed by atoms with Crippen LogP contribution in [0.4, 0.5) is 5.69 Å². The van der Waals surface area contributed by atoms with Gasteiger partial charge in [0.05, 0.1) is 30.2 Å². The average molecular weight is 464 g/mol. The van der Waals surface area contributed by atoms with Gasteiger partial charge in [0.25, 0.3) is 0 Å². The standard InChI is InChI=1S/C21H29N5O5S/c1-15-5-6-17(13-18(15)32(28,29)26-9-11-30-12-10-26)24-19(27)14-22-21(7-3-4-8-21)20-23-16(2)31-25-20/h5-6,13,22H,3-4,7-12,14H2,1-2H3,(H,24,27). The zero-order valence-electron chi connectivity index (χ0n) is 18.4. The van der Waals surface area contributed by atoms with E-state index in [1.165, 1.54) is 10.4 Å². The Bertz CT molecular complexity index is 1070. The summed E-state index contributed by atoms with van der Waals surface area (Å²) >= 11 is 0. The van der Waals surface area contributed by atoms with Crippen molar-refractivity contribution in [2.75, 3.05) is 38.2 Å². The molecule has 2 fully saturated rings. The van der Waals surface area contributed by atoms with Gasteiger partial charge in [0.1, 0.15) is 0 Å². The summed E-state index contributed by atoms with van der Waals surface area (Å²) in [7, 11) is -3.66. The first-order valence-electron chi connectivity index (χ1n) is 10.8. The number of amides is 1. The van der Waals surface area contributed by atoms with Crippen LogP contribution in [0.15, 0.2) is 27.6 Å². The Labute approximate surface area is 187 Å². The molecule has 1 aromatic carbocycles. The zero-order valence-corrected chi connectivity index (χ0v) is 19.2. The van der Waals surface area contributed by atoms with E-state index in [4.69, 9.17) is 9.26 Å². The number of hydrogen-bond donors (Lipinski definition) is 2. The highest BCUT2D eigenvalue weighted by atomic mass is 32.2. The molecule has 1 aliphatic carbocycles. The van der Waals surface area contributed by atoms with Gasteiger partial charge in [-0.1, -0.05) is 24.1 Å². The Balaban J connectivity index is 1.45. The first-order valence-corrected chi connectivity index (χ1v) is 12.3. The number of ether oxygens (including phenoxy) is 1. The number of aryl methyl sites for hydroxylation is 2. The fourth-order valence-electron chi connectivity index (χ4n) is 4.29. The maximum atomic E-state index is 13.1. The highest BCUT2D eigenvalue weighted by Crippen LogP contribution is 2.37. The van der Waals surface area contributed by atoms with E-state index in [0.29, 0.717) is 49.3 Å². The second-order valence-corrected chi connectivity index (χ2v) is 10.2. The van der Waals surface area contributed by atoms with Crippen molar-refractivity contribution in [1.82, 2.24) is 19.8 Å². The van der Waals surface area contributed by atoms with E-state index < -0.39 is 15.6 Å². The quantitative estimate of drug-likeness (QED) is 0.635. The number of morpholine rings is 1. The van der Waals surface area contributed by atoms with E-state index in [9.17, 15) is 13.2 Å². The molecule has 4 rings (SSSR count). The molecule has 0 radical (unpaired) electrons. The van der Waals surface area contributed by atoms with Gasteiger partial charge in [0.2, 0.25) is 21.8 Å². The molecule has 174 valence electrons. The topological polar surface area (TPSA) is 127 Å². The summed E-state index contributed by atoms with van der Waals surface area (Å²) in [5.74, 6) is 0.802. The third kappa shape index (κ3) is 4.70. The molecule has 2 aromatic rings. The Kier molecular flexibility index (Phi) is 6.61. The summed E-state index contributed by atoms with van der Waals surface area (Å²) in [4.78, 5) is 17.2. The van der Waals surface area contributed by atoms with E-state index in [1.807, 2.05) is 0 Å². The monoisotopic (exact) mass is 463 g/mol. The molecule has 2 aliphatic rings. The highest BCUT2D eigenvalue weighted by Gasteiger charge is 2.39. The minimum absolute atomic E-state index is 0.0486. The largest absolute Gasteiger partial charge is 0.379 e. The van der Waals surface area contributed by atoms with Crippen molar-refractivity contribution >= 4 is 21.6 Å². The predicted octanol–water partition coefficient (Wildman–Crippen LogP) is 1.70. The van der Waals surface area contributed by atoms with Gasteiger partial charge in [-0.2, -0.15) is 9.29 Å². The van der Waals surface area contributed by atoms with Crippen LogP contribution in [0.3, 0.4) is 0 Å². The molecule has 2 N–H and O–H groups in total. The maximum absolute atomic E-state index is 13.1. The number of sulfonamides is 1. The molecule has 0 spiro atoms. The van der Waals surface area contributed by atoms with Crippen LogP contribution in [-0.2, 0) is 25.1 Å². The summed E-state index contributed by atoms with van der Waals surface area (Å²) < 4.78 is 38.0. The van der Waals surface area contributed by atoms with Crippen molar-refractivity contribution in [1.29, 1.82) is 0 Å². The lowest BCUT2D eigenvalue weighted by atomic mass is 9.96. The normalized spacial score (nSPS) is 19.2. The molecule has 0 bridgehead atoms. The van der Waals surface area contributed by atoms with Gasteiger partial charge in [-0.05, 0) is 37.5 Å². The van der Waals surface area contributed by atoms with E-state index in [2.05, 4.69) is 20.8 Å². The average Bonchev–Trinajstić information content (AvgIpc) is 3.44. The number of benzene rings is 1. The number of anilines is 1. The van der Waals surface area contributed by atoms with Gasteiger partial charge >= 0.3 is 0 Å². The predicted molar refractivity (Wildman–Crippen MR) is 117 cm³/mol. The molecule has 1 aliphatic heterocycles. The number of hydrogen-bond acceptors (Lipinski definition) is 8. The summed E-state index contributed by atoms with van der Waals surface area (Å²) in [6.07, 6.45) is 3.68. The second-order valence-electron chi connectivity index (χ2n) is 8.32. The fraction of sp³-hybridized carbons (Fsp3) is 0.571. The van der Waals surface area contributed by atoms with Crippen LogP contribution in [0.1, 0.15) is 43.0 Å². The van der Waals surface area contributed by atoms with Crippen molar-refractivity contribution in [3.63, 3.8) is 0 Å². The molecule has 1 saturated heterocycles. The Hall–Kier alpha value is -2.34. The minimum atomic E-state index is -3.66. The van der Waals surface area contributed by atoms with Crippen molar-refractivity contribution in [3.05, 3.63) is 35.5 Å². The van der Waals surface area contributed by atoms with Crippen molar-refractivity contribution in [3.8, 4) is 0 Å².